The minimum absolute atomic E-state index is 0.146. The van der Waals surface area contributed by atoms with Gasteiger partial charge < -0.3 is 4.74 Å². The molecule has 0 spiro atoms. The normalized spacial score (nSPS) is 10.6. The smallest absolute Gasteiger partial charge is 0.236 e. The first-order valence-corrected chi connectivity index (χ1v) is 9.99. The predicted molar refractivity (Wildman–Crippen MR) is 105 cm³/mol. The second-order valence-corrected chi connectivity index (χ2v) is 7.63. The summed E-state index contributed by atoms with van der Waals surface area (Å²) in [5, 5.41) is 20.5. The van der Waals surface area contributed by atoms with Gasteiger partial charge in [-0.3, -0.25) is 14.7 Å². The number of halogens is 1. The molecule has 146 valence electrons. The van der Waals surface area contributed by atoms with Crippen molar-refractivity contribution < 1.29 is 13.9 Å². The SMILES string of the molecule is C=CCn1c(COc2ccc(F)cc2)nnc1SCC(=O)Nc1nnc(C)s1. The zero-order chi connectivity index (χ0) is 19.9. The van der Waals surface area contributed by atoms with Crippen LogP contribution in [0.5, 0.6) is 5.75 Å². The molecule has 3 aromatic rings. The summed E-state index contributed by atoms with van der Waals surface area (Å²) in [5.41, 5.74) is 0. The number of hydrogen-bond acceptors (Lipinski definition) is 8. The van der Waals surface area contributed by atoms with Crippen LogP contribution in [0.1, 0.15) is 10.8 Å². The lowest BCUT2D eigenvalue weighted by atomic mass is 10.3. The maximum atomic E-state index is 13.0. The van der Waals surface area contributed by atoms with Crippen LogP contribution in [0.15, 0.2) is 42.1 Å². The van der Waals surface area contributed by atoms with Gasteiger partial charge in [0, 0.05) is 6.54 Å². The Balaban J connectivity index is 1.60. The van der Waals surface area contributed by atoms with E-state index in [-0.39, 0.29) is 24.1 Å². The van der Waals surface area contributed by atoms with Crippen molar-refractivity contribution in [2.45, 2.75) is 25.2 Å². The highest BCUT2D eigenvalue weighted by Gasteiger charge is 2.15. The van der Waals surface area contributed by atoms with Crippen LogP contribution in [0, 0.1) is 12.7 Å². The Morgan fingerprint density at radius 3 is 2.79 bits per heavy atom. The summed E-state index contributed by atoms with van der Waals surface area (Å²) in [6.45, 7) is 6.18. The number of thioether (sulfide) groups is 1. The molecule has 8 nitrogen and oxygen atoms in total. The molecular formula is C17H17FN6O2S2. The Kier molecular flexibility index (Phi) is 6.71. The molecule has 0 fully saturated rings. The Labute approximate surface area is 168 Å². The lowest BCUT2D eigenvalue weighted by Gasteiger charge is -2.09. The van der Waals surface area contributed by atoms with Crippen LogP contribution in [-0.2, 0) is 17.9 Å². The molecule has 2 aromatic heterocycles. The molecule has 28 heavy (non-hydrogen) atoms. The van der Waals surface area contributed by atoms with Crippen molar-refractivity contribution in [1.82, 2.24) is 25.0 Å². The van der Waals surface area contributed by atoms with Gasteiger partial charge in [-0.2, -0.15) is 0 Å². The number of hydrogen-bond donors (Lipinski definition) is 1. The molecule has 0 aliphatic heterocycles. The van der Waals surface area contributed by atoms with Gasteiger partial charge in [0.25, 0.3) is 0 Å². The Hall–Kier alpha value is -2.79. The van der Waals surface area contributed by atoms with Crippen LogP contribution in [0.4, 0.5) is 9.52 Å². The fourth-order valence-electron chi connectivity index (χ4n) is 2.16. The van der Waals surface area contributed by atoms with Gasteiger partial charge in [0.15, 0.2) is 11.0 Å². The Bertz CT molecular complexity index is 957. The number of ether oxygens (including phenoxy) is 1. The van der Waals surface area contributed by atoms with Gasteiger partial charge in [0.05, 0.1) is 5.75 Å². The average Bonchev–Trinajstić information content (AvgIpc) is 3.26. The summed E-state index contributed by atoms with van der Waals surface area (Å²) in [5.74, 6) is 0.704. The largest absolute Gasteiger partial charge is 0.486 e. The van der Waals surface area contributed by atoms with Gasteiger partial charge in [-0.1, -0.05) is 29.2 Å². The van der Waals surface area contributed by atoms with E-state index in [1.165, 1.54) is 35.2 Å². The Morgan fingerprint density at radius 1 is 1.32 bits per heavy atom. The standard InChI is InChI=1S/C17H17FN6O2S2/c1-3-8-24-14(9-26-13-6-4-12(18)5-7-13)21-23-17(24)27-10-15(25)19-16-22-20-11(2)28-16/h3-7H,1,8-10H2,2H3,(H,19,22,25). The first kappa shape index (κ1) is 20.0. The fraction of sp³-hybridized carbons (Fsp3) is 0.235. The fourth-order valence-corrected chi connectivity index (χ4v) is 3.53. The molecule has 1 amide bonds. The van der Waals surface area contributed by atoms with Crippen LogP contribution in [0.25, 0.3) is 0 Å². The molecule has 0 unspecified atom stereocenters. The van der Waals surface area contributed by atoms with E-state index >= 15 is 0 Å². The van der Waals surface area contributed by atoms with Crippen molar-refractivity contribution in [2.75, 3.05) is 11.1 Å². The van der Waals surface area contributed by atoms with Crippen LogP contribution in [-0.4, -0.2) is 36.6 Å². The van der Waals surface area contributed by atoms with Crippen molar-refractivity contribution in [1.29, 1.82) is 0 Å². The first-order chi connectivity index (χ1) is 13.5. The quantitative estimate of drug-likeness (QED) is 0.420. The number of carbonyl (C=O) groups excluding carboxylic acids is 1. The third kappa shape index (κ3) is 5.36. The van der Waals surface area contributed by atoms with Gasteiger partial charge in [0.1, 0.15) is 23.2 Å². The third-order valence-electron chi connectivity index (χ3n) is 3.39. The molecule has 2 heterocycles. The van der Waals surface area contributed by atoms with Crippen molar-refractivity contribution in [3.8, 4) is 5.75 Å². The molecule has 3 rings (SSSR count). The van der Waals surface area contributed by atoms with Crippen molar-refractivity contribution >= 4 is 34.1 Å². The topological polar surface area (TPSA) is 94.8 Å². The molecule has 1 N–H and O–H groups in total. The van der Waals surface area contributed by atoms with Crippen molar-refractivity contribution in [2.24, 2.45) is 0 Å². The zero-order valence-electron chi connectivity index (χ0n) is 15.0. The number of amides is 1. The molecular weight excluding hydrogens is 403 g/mol. The molecule has 0 bridgehead atoms. The van der Waals surface area contributed by atoms with Crippen LogP contribution < -0.4 is 10.1 Å². The second-order valence-electron chi connectivity index (χ2n) is 5.50. The summed E-state index contributed by atoms with van der Waals surface area (Å²) < 4.78 is 20.4. The minimum Gasteiger partial charge on any atom is -0.486 e. The number of nitrogens with one attached hydrogen (secondary N) is 1. The molecule has 0 atom stereocenters. The summed E-state index contributed by atoms with van der Waals surface area (Å²) in [4.78, 5) is 12.1. The molecule has 0 saturated heterocycles. The molecule has 1 aromatic carbocycles. The maximum Gasteiger partial charge on any atom is 0.236 e. The van der Waals surface area contributed by atoms with Gasteiger partial charge >= 0.3 is 0 Å². The molecule has 0 aliphatic carbocycles. The third-order valence-corrected chi connectivity index (χ3v) is 5.11. The van der Waals surface area contributed by atoms with Crippen molar-refractivity contribution in [3.05, 3.63) is 53.6 Å². The number of aryl methyl sites for hydroxylation is 1. The number of carbonyl (C=O) groups is 1. The second kappa shape index (κ2) is 9.42. The zero-order valence-corrected chi connectivity index (χ0v) is 16.6. The number of benzene rings is 1. The maximum absolute atomic E-state index is 13.0. The van der Waals surface area contributed by atoms with Crippen LogP contribution in [0.2, 0.25) is 0 Å². The monoisotopic (exact) mass is 420 g/mol. The number of rotatable bonds is 9. The molecule has 11 heteroatoms. The van der Waals surface area contributed by atoms with Gasteiger partial charge in [-0.15, -0.1) is 27.0 Å². The van der Waals surface area contributed by atoms with Gasteiger partial charge in [0.2, 0.25) is 11.0 Å². The summed E-state index contributed by atoms with van der Waals surface area (Å²) >= 11 is 2.56. The predicted octanol–water partition coefficient (Wildman–Crippen LogP) is 3.07. The summed E-state index contributed by atoms with van der Waals surface area (Å²) in [6.07, 6.45) is 1.71. The number of anilines is 1. The highest BCUT2D eigenvalue weighted by Crippen LogP contribution is 2.20. The molecule has 0 saturated carbocycles. The van der Waals surface area contributed by atoms with E-state index in [0.717, 1.165) is 5.01 Å². The van der Waals surface area contributed by atoms with Gasteiger partial charge in [-0.05, 0) is 31.2 Å². The van der Waals surface area contributed by atoms with Crippen LogP contribution in [0.3, 0.4) is 0 Å². The first-order valence-electron chi connectivity index (χ1n) is 8.19. The molecule has 0 radical (unpaired) electrons. The number of nitrogens with zero attached hydrogens (tertiary/aromatic N) is 5. The highest BCUT2D eigenvalue weighted by atomic mass is 32.2. The van der Waals surface area contributed by atoms with Gasteiger partial charge in [-0.25, -0.2) is 4.39 Å². The number of allylic oxidation sites excluding steroid dienone is 1. The summed E-state index contributed by atoms with van der Waals surface area (Å²) in [6, 6.07) is 5.73. The van der Waals surface area contributed by atoms with E-state index < -0.39 is 0 Å². The minimum atomic E-state index is -0.331. The molecule has 0 aliphatic rings. The lowest BCUT2D eigenvalue weighted by molar-refractivity contribution is -0.113. The van der Waals surface area contributed by atoms with Crippen LogP contribution >= 0.6 is 23.1 Å². The van der Waals surface area contributed by atoms with E-state index in [9.17, 15) is 9.18 Å². The average molecular weight is 420 g/mol. The van der Waals surface area contributed by atoms with E-state index in [4.69, 9.17) is 4.74 Å². The lowest BCUT2D eigenvalue weighted by Crippen LogP contribution is -2.15. The van der Waals surface area contributed by atoms with E-state index in [1.54, 1.807) is 18.2 Å². The summed E-state index contributed by atoms with van der Waals surface area (Å²) in [7, 11) is 0. The van der Waals surface area contributed by atoms with Crippen molar-refractivity contribution in [3.63, 3.8) is 0 Å². The van der Waals surface area contributed by atoms with E-state index in [0.29, 0.717) is 28.4 Å². The van der Waals surface area contributed by atoms with E-state index in [2.05, 4.69) is 32.3 Å². The number of aromatic nitrogens is 5. The Morgan fingerprint density at radius 2 is 2.11 bits per heavy atom. The van der Waals surface area contributed by atoms with E-state index in [1.807, 2.05) is 11.5 Å². The highest BCUT2D eigenvalue weighted by molar-refractivity contribution is 7.99.